The number of carbonyl (C=O) groups excluding carboxylic acids is 1. The van der Waals surface area contributed by atoms with E-state index >= 15 is 0 Å². The largest absolute Gasteiger partial charge is 0.319 e. The predicted molar refractivity (Wildman–Crippen MR) is 70.2 cm³/mol. The minimum Gasteiger partial charge on any atom is -0.319 e. The van der Waals surface area contributed by atoms with E-state index in [2.05, 4.69) is 5.32 Å². The van der Waals surface area contributed by atoms with Crippen LogP contribution in [0.4, 0.5) is 14.5 Å². The second kappa shape index (κ2) is 5.49. The number of hydrogen-bond acceptors (Lipinski definition) is 2. The Hall–Kier alpha value is -2.74. The molecule has 2 aromatic rings. The SMILES string of the molecule is Cc1cc(F)c(NC(=O)c2cccc(C#N)c2)cc1F. The lowest BCUT2D eigenvalue weighted by Crippen LogP contribution is -2.13. The van der Waals surface area contributed by atoms with Gasteiger partial charge in [-0.1, -0.05) is 6.07 Å². The van der Waals surface area contributed by atoms with Gasteiger partial charge in [0, 0.05) is 11.6 Å². The van der Waals surface area contributed by atoms with E-state index in [-0.39, 0.29) is 16.8 Å². The fraction of sp³-hybridized carbons (Fsp3) is 0.0667. The number of anilines is 1. The molecule has 0 spiro atoms. The Bertz CT molecular complexity index is 720. The second-order valence-corrected chi connectivity index (χ2v) is 4.23. The third-order valence-electron chi connectivity index (χ3n) is 2.75. The highest BCUT2D eigenvalue weighted by Crippen LogP contribution is 2.19. The molecule has 0 aliphatic heterocycles. The van der Waals surface area contributed by atoms with Gasteiger partial charge in [0.2, 0.25) is 0 Å². The summed E-state index contributed by atoms with van der Waals surface area (Å²) in [6, 6.07) is 9.78. The number of carbonyl (C=O) groups is 1. The van der Waals surface area contributed by atoms with Crippen molar-refractivity contribution in [2.75, 3.05) is 5.32 Å². The first-order valence-electron chi connectivity index (χ1n) is 5.78. The summed E-state index contributed by atoms with van der Waals surface area (Å²) in [5, 5.41) is 11.0. The standard InChI is InChI=1S/C15H10F2N2O/c1-9-5-13(17)14(7-12(9)16)19-15(20)11-4-2-3-10(6-11)8-18/h2-7H,1H3,(H,19,20). The van der Waals surface area contributed by atoms with Gasteiger partial charge in [-0.3, -0.25) is 4.79 Å². The zero-order chi connectivity index (χ0) is 14.7. The molecule has 0 bridgehead atoms. The van der Waals surface area contributed by atoms with Gasteiger partial charge in [-0.2, -0.15) is 5.26 Å². The summed E-state index contributed by atoms with van der Waals surface area (Å²) in [5.74, 6) is -1.93. The molecule has 0 unspecified atom stereocenters. The first kappa shape index (κ1) is 13.7. The molecule has 0 atom stereocenters. The van der Waals surface area contributed by atoms with Crippen LogP contribution in [0.25, 0.3) is 0 Å². The van der Waals surface area contributed by atoms with Crippen LogP contribution in [-0.4, -0.2) is 5.91 Å². The van der Waals surface area contributed by atoms with Gasteiger partial charge in [0.1, 0.15) is 11.6 Å². The number of aryl methyl sites for hydroxylation is 1. The maximum Gasteiger partial charge on any atom is 0.255 e. The van der Waals surface area contributed by atoms with E-state index in [1.807, 2.05) is 6.07 Å². The topological polar surface area (TPSA) is 52.9 Å². The molecular weight excluding hydrogens is 262 g/mol. The third kappa shape index (κ3) is 2.81. The number of rotatable bonds is 2. The fourth-order valence-corrected chi connectivity index (χ4v) is 1.67. The van der Waals surface area contributed by atoms with E-state index in [4.69, 9.17) is 5.26 Å². The third-order valence-corrected chi connectivity index (χ3v) is 2.75. The molecule has 3 nitrogen and oxygen atoms in total. The molecule has 5 heteroatoms. The van der Waals surface area contributed by atoms with Crippen LogP contribution in [0, 0.1) is 29.9 Å². The van der Waals surface area contributed by atoms with Crippen LogP contribution in [0.3, 0.4) is 0 Å². The zero-order valence-electron chi connectivity index (χ0n) is 10.6. The van der Waals surface area contributed by atoms with Crippen LogP contribution < -0.4 is 5.32 Å². The Morgan fingerprint density at radius 1 is 1.20 bits per heavy atom. The first-order chi connectivity index (χ1) is 9.51. The highest BCUT2D eigenvalue weighted by atomic mass is 19.1. The Labute approximate surface area is 114 Å². The van der Waals surface area contributed by atoms with Crippen LogP contribution >= 0.6 is 0 Å². The predicted octanol–water partition coefficient (Wildman–Crippen LogP) is 3.40. The summed E-state index contributed by atoms with van der Waals surface area (Å²) in [7, 11) is 0. The molecule has 2 rings (SSSR count). The van der Waals surface area contributed by atoms with Crippen LogP contribution in [0.2, 0.25) is 0 Å². The number of halogens is 2. The summed E-state index contributed by atoms with van der Waals surface area (Å²) in [4.78, 5) is 11.9. The molecule has 0 aromatic heterocycles. The van der Waals surface area contributed by atoms with Crippen molar-refractivity contribution in [2.24, 2.45) is 0 Å². The van der Waals surface area contributed by atoms with Crippen molar-refractivity contribution in [3.05, 3.63) is 64.7 Å². The molecular formula is C15H10F2N2O. The maximum absolute atomic E-state index is 13.6. The number of benzene rings is 2. The Morgan fingerprint density at radius 3 is 2.65 bits per heavy atom. The Morgan fingerprint density at radius 2 is 1.95 bits per heavy atom. The molecule has 0 saturated carbocycles. The van der Waals surface area contributed by atoms with E-state index in [0.717, 1.165) is 12.1 Å². The van der Waals surface area contributed by atoms with E-state index in [0.29, 0.717) is 5.56 Å². The molecule has 0 fully saturated rings. The number of amides is 1. The molecule has 0 saturated heterocycles. The molecule has 1 N–H and O–H groups in total. The molecule has 2 aromatic carbocycles. The van der Waals surface area contributed by atoms with Gasteiger partial charge in [-0.05, 0) is 36.8 Å². The van der Waals surface area contributed by atoms with Crippen LogP contribution in [0.15, 0.2) is 36.4 Å². The average Bonchev–Trinajstić information content (AvgIpc) is 2.44. The van der Waals surface area contributed by atoms with Crippen LogP contribution in [0.1, 0.15) is 21.5 Å². The number of hydrogen-bond donors (Lipinski definition) is 1. The van der Waals surface area contributed by atoms with E-state index in [1.54, 1.807) is 12.1 Å². The number of nitrogens with zero attached hydrogens (tertiary/aromatic N) is 1. The van der Waals surface area contributed by atoms with Gasteiger partial charge >= 0.3 is 0 Å². The van der Waals surface area contributed by atoms with Crippen molar-refractivity contribution in [1.82, 2.24) is 0 Å². The zero-order valence-corrected chi connectivity index (χ0v) is 10.6. The van der Waals surface area contributed by atoms with Crippen LogP contribution in [0.5, 0.6) is 0 Å². The summed E-state index contributed by atoms with van der Waals surface area (Å²) in [6.45, 7) is 1.43. The Kier molecular flexibility index (Phi) is 3.76. The Balaban J connectivity index is 2.28. The van der Waals surface area contributed by atoms with E-state index in [9.17, 15) is 13.6 Å². The summed E-state index contributed by atoms with van der Waals surface area (Å²) < 4.78 is 27.0. The second-order valence-electron chi connectivity index (χ2n) is 4.23. The van der Waals surface area contributed by atoms with E-state index in [1.165, 1.54) is 19.1 Å². The summed E-state index contributed by atoms with van der Waals surface area (Å²) in [6.07, 6.45) is 0. The van der Waals surface area contributed by atoms with Gasteiger partial charge in [0.15, 0.2) is 0 Å². The molecule has 1 amide bonds. The average molecular weight is 272 g/mol. The number of nitriles is 1. The van der Waals surface area contributed by atoms with Crippen molar-refractivity contribution >= 4 is 11.6 Å². The van der Waals surface area contributed by atoms with E-state index < -0.39 is 17.5 Å². The highest BCUT2D eigenvalue weighted by molar-refractivity contribution is 6.04. The van der Waals surface area contributed by atoms with Crippen molar-refractivity contribution in [3.8, 4) is 6.07 Å². The maximum atomic E-state index is 13.6. The fourth-order valence-electron chi connectivity index (χ4n) is 1.67. The van der Waals surface area contributed by atoms with Crippen molar-refractivity contribution in [2.45, 2.75) is 6.92 Å². The van der Waals surface area contributed by atoms with Gasteiger partial charge in [0.05, 0.1) is 17.3 Å². The summed E-state index contributed by atoms with van der Waals surface area (Å²) >= 11 is 0. The number of nitrogens with one attached hydrogen (secondary N) is 1. The highest BCUT2D eigenvalue weighted by Gasteiger charge is 2.12. The van der Waals surface area contributed by atoms with Gasteiger partial charge in [-0.15, -0.1) is 0 Å². The molecule has 20 heavy (non-hydrogen) atoms. The first-order valence-corrected chi connectivity index (χ1v) is 5.78. The lowest BCUT2D eigenvalue weighted by Gasteiger charge is -2.08. The van der Waals surface area contributed by atoms with Crippen molar-refractivity contribution in [1.29, 1.82) is 5.26 Å². The minimum atomic E-state index is -0.714. The lowest BCUT2D eigenvalue weighted by atomic mass is 10.1. The van der Waals surface area contributed by atoms with Gasteiger partial charge in [-0.25, -0.2) is 8.78 Å². The van der Waals surface area contributed by atoms with Crippen LogP contribution in [-0.2, 0) is 0 Å². The summed E-state index contributed by atoms with van der Waals surface area (Å²) in [5.41, 5.74) is 0.435. The molecule has 100 valence electrons. The molecule has 0 heterocycles. The molecule has 0 radical (unpaired) electrons. The minimum absolute atomic E-state index is 0.159. The lowest BCUT2D eigenvalue weighted by molar-refractivity contribution is 0.102. The normalized spacial score (nSPS) is 9.90. The van der Waals surface area contributed by atoms with Gasteiger partial charge in [0.25, 0.3) is 5.91 Å². The van der Waals surface area contributed by atoms with Gasteiger partial charge < -0.3 is 5.32 Å². The molecule has 0 aliphatic rings. The van der Waals surface area contributed by atoms with Crippen molar-refractivity contribution in [3.63, 3.8) is 0 Å². The monoisotopic (exact) mass is 272 g/mol. The molecule has 0 aliphatic carbocycles. The smallest absolute Gasteiger partial charge is 0.255 e. The van der Waals surface area contributed by atoms with Crippen molar-refractivity contribution < 1.29 is 13.6 Å². The quantitative estimate of drug-likeness (QED) is 0.911.